The van der Waals surface area contributed by atoms with Gasteiger partial charge in [0.15, 0.2) is 5.78 Å². The monoisotopic (exact) mass is 317 g/mol. The summed E-state index contributed by atoms with van der Waals surface area (Å²) in [4.78, 5) is 27.7. The Morgan fingerprint density at radius 1 is 1.26 bits per heavy atom. The predicted octanol–water partition coefficient (Wildman–Crippen LogP) is 2.98. The highest BCUT2D eigenvalue weighted by molar-refractivity contribution is 6.24. The maximum absolute atomic E-state index is 12.2. The maximum atomic E-state index is 12.2. The highest BCUT2D eigenvalue weighted by atomic mass is 16.5. The first kappa shape index (κ1) is 16.7. The number of ether oxygens (including phenoxy) is 1. The van der Waals surface area contributed by atoms with Crippen molar-refractivity contribution in [2.75, 3.05) is 7.11 Å². The minimum Gasteiger partial charge on any atom is -0.511 e. The fraction of sp³-hybridized carbons (Fsp3) is 0.353. The van der Waals surface area contributed by atoms with E-state index in [1.54, 1.807) is 18.2 Å². The van der Waals surface area contributed by atoms with E-state index >= 15 is 0 Å². The number of phenols is 1. The number of benzene rings is 1. The molecule has 0 atom stereocenters. The number of allylic oxidation sites excluding steroid dienone is 2. The molecule has 0 aliphatic heterocycles. The van der Waals surface area contributed by atoms with Crippen LogP contribution in [0.15, 0.2) is 40.6 Å². The molecule has 6 heteroatoms. The van der Waals surface area contributed by atoms with Crippen LogP contribution in [-0.4, -0.2) is 34.8 Å². The number of Topliss-reactive ketones (excluding diaryl/α,β-unsaturated/α-hetero) is 1. The number of aliphatic imine (C=N–C) groups is 1. The van der Waals surface area contributed by atoms with Gasteiger partial charge in [-0.25, -0.2) is 4.99 Å². The molecule has 0 amide bonds. The van der Waals surface area contributed by atoms with E-state index in [2.05, 4.69) is 9.73 Å². The van der Waals surface area contributed by atoms with Crippen molar-refractivity contribution in [3.8, 4) is 5.75 Å². The number of para-hydroxylation sites is 2. The van der Waals surface area contributed by atoms with E-state index in [4.69, 9.17) is 0 Å². The first-order chi connectivity index (χ1) is 11.0. The molecule has 122 valence electrons. The predicted molar refractivity (Wildman–Crippen MR) is 85.0 cm³/mol. The van der Waals surface area contributed by atoms with Crippen molar-refractivity contribution >= 4 is 23.2 Å². The summed E-state index contributed by atoms with van der Waals surface area (Å²) in [5, 5.41) is 20.0. The van der Waals surface area contributed by atoms with Crippen LogP contribution < -0.4 is 0 Å². The van der Waals surface area contributed by atoms with Crippen LogP contribution in [0, 0.1) is 0 Å². The molecule has 1 fully saturated rings. The second-order valence-corrected chi connectivity index (χ2v) is 5.22. The number of aromatic hydroxyl groups is 1. The molecular formula is C17H19NO5. The first-order valence-electron chi connectivity index (χ1n) is 7.41. The van der Waals surface area contributed by atoms with E-state index in [1.807, 2.05) is 0 Å². The second kappa shape index (κ2) is 7.58. The molecule has 0 radical (unpaired) electrons. The summed E-state index contributed by atoms with van der Waals surface area (Å²) in [6, 6.07) is 6.54. The fourth-order valence-electron chi connectivity index (χ4n) is 2.42. The SMILES string of the molecule is COC(=O)CCC(O)=C1C(=O)CCCC1=Nc1ccccc1O. The number of carbonyl (C=O) groups excluding carboxylic acids is 2. The van der Waals surface area contributed by atoms with Crippen LogP contribution in [0.2, 0.25) is 0 Å². The third-order valence-electron chi connectivity index (χ3n) is 3.60. The van der Waals surface area contributed by atoms with Gasteiger partial charge in [-0.05, 0) is 25.0 Å². The molecule has 0 spiro atoms. The number of esters is 1. The molecule has 0 heterocycles. The molecule has 2 N–H and O–H groups in total. The number of nitrogens with zero attached hydrogens (tertiary/aromatic N) is 1. The second-order valence-electron chi connectivity index (χ2n) is 5.22. The molecule has 1 aliphatic rings. The van der Waals surface area contributed by atoms with Crippen LogP contribution in [0.3, 0.4) is 0 Å². The zero-order chi connectivity index (χ0) is 16.8. The first-order valence-corrected chi connectivity index (χ1v) is 7.41. The quantitative estimate of drug-likeness (QED) is 0.505. The Bertz CT molecular complexity index is 675. The molecule has 2 rings (SSSR count). The Morgan fingerprint density at radius 3 is 2.70 bits per heavy atom. The topological polar surface area (TPSA) is 96.2 Å². The van der Waals surface area contributed by atoms with E-state index in [9.17, 15) is 19.8 Å². The number of carbonyl (C=O) groups is 2. The number of ketones is 1. The van der Waals surface area contributed by atoms with Gasteiger partial charge in [-0.2, -0.15) is 0 Å². The number of aliphatic hydroxyl groups excluding tert-OH is 1. The van der Waals surface area contributed by atoms with Gasteiger partial charge in [0.05, 0.1) is 24.8 Å². The van der Waals surface area contributed by atoms with E-state index in [1.165, 1.54) is 13.2 Å². The van der Waals surface area contributed by atoms with E-state index < -0.39 is 5.97 Å². The molecule has 23 heavy (non-hydrogen) atoms. The van der Waals surface area contributed by atoms with Crippen molar-refractivity contribution in [2.45, 2.75) is 32.1 Å². The van der Waals surface area contributed by atoms with Crippen LogP contribution in [0.25, 0.3) is 0 Å². The Labute approximate surface area is 134 Å². The summed E-state index contributed by atoms with van der Waals surface area (Å²) >= 11 is 0. The number of hydrogen-bond donors (Lipinski definition) is 2. The van der Waals surface area contributed by atoms with Gasteiger partial charge in [0.2, 0.25) is 0 Å². The van der Waals surface area contributed by atoms with Gasteiger partial charge in [-0.3, -0.25) is 9.59 Å². The molecule has 1 saturated carbocycles. The normalized spacial score (nSPS) is 18.8. The summed E-state index contributed by atoms with van der Waals surface area (Å²) in [5.41, 5.74) is 0.934. The lowest BCUT2D eigenvalue weighted by Gasteiger charge is -2.18. The number of rotatable bonds is 4. The molecule has 6 nitrogen and oxygen atoms in total. The smallest absolute Gasteiger partial charge is 0.305 e. The van der Waals surface area contributed by atoms with Gasteiger partial charge < -0.3 is 14.9 Å². The van der Waals surface area contributed by atoms with Crippen molar-refractivity contribution in [2.24, 2.45) is 4.99 Å². The van der Waals surface area contributed by atoms with E-state index in [0.29, 0.717) is 30.7 Å². The number of methoxy groups -OCH3 is 1. The highest BCUT2D eigenvalue weighted by Gasteiger charge is 2.26. The third-order valence-corrected chi connectivity index (χ3v) is 3.60. The molecule has 1 aromatic carbocycles. The Kier molecular flexibility index (Phi) is 5.51. The van der Waals surface area contributed by atoms with E-state index in [0.717, 1.165) is 0 Å². The Morgan fingerprint density at radius 2 is 2.00 bits per heavy atom. The van der Waals surface area contributed by atoms with Crippen LogP contribution in [0.5, 0.6) is 5.75 Å². The summed E-state index contributed by atoms with van der Waals surface area (Å²) in [7, 11) is 1.27. The van der Waals surface area contributed by atoms with Crippen molar-refractivity contribution in [1.82, 2.24) is 0 Å². The molecule has 1 aromatic rings. The lowest BCUT2D eigenvalue weighted by atomic mass is 9.89. The van der Waals surface area contributed by atoms with Gasteiger partial charge in [0.1, 0.15) is 17.2 Å². The van der Waals surface area contributed by atoms with Crippen LogP contribution in [-0.2, 0) is 14.3 Å². The van der Waals surface area contributed by atoms with Crippen LogP contribution in [0.4, 0.5) is 5.69 Å². The third kappa shape index (κ3) is 4.18. The fourth-order valence-corrected chi connectivity index (χ4v) is 2.42. The molecule has 0 bridgehead atoms. The maximum Gasteiger partial charge on any atom is 0.305 e. The van der Waals surface area contributed by atoms with Crippen molar-refractivity contribution in [3.63, 3.8) is 0 Å². The van der Waals surface area contributed by atoms with Crippen LogP contribution in [0.1, 0.15) is 32.1 Å². The van der Waals surface area contributed by atoms with E-state index in [-0.39, 0.29) is 35.7 Å². The zero-order valence-electron chi connectivity index (χ0n) is 12.9. The summed E-state index contributed by atoms with van der Waals surface area (Å²) in [6.07, 6.45) is 1.50. The Balaban J connectivity index is 2.34. The number of hydrogen-bond acceptors (Lipinski definition) is 6. The minimum atomic E-state index is -0.459. The summed E-state index contributed by atoms with van der Waals surface area (Å²) in [5.74, 6) is -0.812. The van der Waals surface area contributed by atoms with Crippen LogP contribution >= 0.6 is 0 Å². The molecule has 0 saturated heterocycles. The highest BCUT2D eigenvalue weighted by Crippen LogP contribution is 2.30. The molecule has 1 aliphatic carbocycles. The van der Waals surface area contributed by atoms with Crippen molar-refractivity contribution in [1.29, 1.82) is 0 Å². The number of aliphatic hydroxyl groups is 1. The lowest BCUT2D eigenvalue weighted by molar-refractivity contribution is -0.140. The van der Waals surface area contributed by atoms with Crippen molar-refractivity contribution in [3.05, 3.63) is 35.6 Å². The van der Waals surface area contributed by atoms with Gasteiger partial charge in [0, 0.05) is 12.8 Å². The van der Waals surface area contributed by atoms with Gasteiger partial charge in [0.25, 0.3) is 0 Å². The van der Waals surface area contributed by atoms with Gasteiger partial charge in [-0.15, -0.1) is 0 Å². The van der Waals surface area contributed by atoms with Gasteiger partial charge in [-0.1, -0.05) is 12.1 Å². The molecule has 0 aromatic heterocycles. The summed E-state index contributed by atoms with van der Waals surface area (Å²) in [6.45, 7) is 0. The minimum absolute atomic E-state index is 0.00595. The largest absolute Gasteiger partial charge is 0.511 e. The Hall–Kier alpha value is -2.63. The standard InChI is InChI=1S/C17H19NO5/c1-23-16(22)10-9-15(21)17-12(6-4-8-14(17)20)18-11-5-2-3-7-13(11)19/h2-3,5,7,19,21H,4,6,8-10H2,1H3. The number of phenolic OH excluding ortho intramolecular Hbond substituents is 1. The van der Waals surface area contributed by atoms with Crippen molar-refractivity contribution < 1.29 is 24.5 Å². The molecular weight excluding hydrogens is 298 g/mol. The van der Waals surface area contributed by atoms with Gasteiger partial charge >= 0.3 is 5.97 Å². The summed E-state index contributed by atoms with van der Waals surface area (Å²) < 4.78 is 4.53. The average molecular weight is 317 g/mol. The molecule has 0 unspecified atom stereocenters. The zero-order valence-corrected chi connectivity index (χ0v) is 12.9. The lowest BCUT2D eigenvalue weighted by Crippen LogP contribution is -2.21. The average Bonchev–Trinajstić information content (AvgIpc) is 2.54.